The van der Waals surface area contributed by atoms with E-state index < -0.39 is 60.2 Å². The molecule has 0 rings (SSSR count). The third kappa shape index (κ3) is 11.0. The summed E-state index contributed by atoms with van der Waals surface area (Å²) in [6, 6.07) is -4.19. The fourth-order valence-corrected chi connectivity index (χ4v) is 2.96. The van der Waals surface area contributed by atoms with Crippen molar-refractivity contribution in [3.63, 3.8) is 0 Å². The molecule has 5 atom stereocenters. The van der Waals surface area contributed by atoms with Crippen molar-refractivity contribution in [2.24, 2.45) is 11.7 Å². The lowest BCUT2D eigenvalue weighted by atomic mass is 9.99. The van der Waals surface area contributed by atoms with Crippen LogP contribution in [0.2, 0.25) is 0 Å². The maximum Gasteiger partial charge on any atom is 0.326 e. The molecular formula is C19H34N4O7S. The zero-order valence-electron chi connectivity index (χ0n) is 18.3. The first-order chi connectivity index (χ1) is 14.4. The van der Waals surface area contributed by atoms with Crippen LogP contribution >= 0.6 is 11.8 Å². The van der Waals surface area contributed by atoms with Gasteiger partial charge in [-0.15, -0.1) is 0 Å². The van der Waals surface area contributed by atoms with Gasteiger partial charge < -0.3 is 31.9 Å². The minimum absolute atomic E-state index is 0.0762. The second-order valence-electron chi connectivity index (χ2n) is 7.32. The zero-order valence-corrected chi connectivity index (χ0v) is 19.2. The van der Waals surface area contributed by atoms with Gasteiger partial charge in [-0.2, -0.15) is 11.8 Å². The maximum absolute atomic E-state index is 12.6. The third-order valence-corrected chi connectivity index (χ3v) is 5.46. The highest BCUT2D eigenvalue weighted by Crippen LogP contribution is 2.08. The van der Waals surface area contributed by atoms with E-state index in [0.29, 0.717) is 18.6 Å². The minimum Gasteiger partial charge on any atom is -0.481 e. The summed E-state index contributed by atoms with van der Waals surface area (Å²) in [6.45, 7) is 5.09. The molecule has 0 radical (unpaired) electrons. The van der Waals surface area contributed by atoms with Gasteiger partial charge >= 0.3 is 11.9 Å². The highest BCUT2D eigenvalue weighted by Gasteiger charge is 2.29. The van der Waals surface area contributed by atoms with E-state index in [0.717, 1.165) is 0 Å². The van der Waals surface area contributed by atoms with Crippen LogP contribution in [-0.2, 0) is 24.0 Å². The van der Waals surface area contributed by atoms with Crippen LogP contribution in [0.3, 0.4) is 0 Å². The van der Waals surface area contributed by atoms with Gasteiger partial charge in [-0.1, -0.05) is 20.3 Å². The van der Waals surface area contributed by atoms with Crippen molar-refractivity contribution in [2.75, 3.05) is 12.0 Å². The summed E-state index contributed by atoms with van der Waals surface area (Å²) in [4.78, 5) is 59.2. The number of nitrogens with one attached hydrogen (secondary N) is 3. The van der Waals surface area contributed by atoms with Gasteiger partial charge in [-0.25, -0.2) is 4.79 Å². The van der Waals surface area contributed by atoms with E-state index in [1.807, 2.05) is 20.1 Å². The molecule has 12 heteroatoms. The Bertz CT molecular complexity index is 647. The Morgan fingerprint density at radius 3 is 1.97 bits per heavy atom. The summed E-state index contributed by atoms with van der Waals surface area (Å²) in [5.41, 5.74) is 5.92. The Morgan fingerprint density at radius 2 is 1.48 bits per heavy atom. The lowest BCUT2D eigenvalue weighted by Gasteiger charge is -2.24. The smallest absolute Gasteiger partial charge is 0.326 e. The fourth-order valence-electron chi connectivity index (χ4n) is 2.49. The van der Waals surface area contributed by atoms with Gasteiger partial charge in [0.2, 0.25) is 17.7 Å². The highest BCUT2D eigenvalue weighted by atomic mass is 32.2. The second-order valence-corrected chi connectivity index (χ2v) is 8.30. The number of nitrogens with two attached hydrogens (primary N) is 1. The van der Waals surface area contributed by atoms with Crippen molar-refractivity contribution in [3.8, 4) is 0 Å². The summed E-state index contributed by atoms with van der Waals surface area (Å²) >= 11 is 1.48. The van der Waals surface area contributed by atoms with E-state index in [2.05, 4.69) is 16.0 Å². The summed E-state index contributed by atoms with van der Waals surface area (Å²) in [6.07, 6.45) is 2.13. The summed E-state index contributed by atoms with van der Waals surface area (Å²) in [5, 5.41) is 25.1. The molecule has 0 aromatic rings. The first-order valence-corrected chi connectivity index (χ1v) is 11.4. The van der Waals surface area contributed by atoms with Gasteiger partial charge in [-0.05, 0) is 37.7 Å². The quantitative estimate of drug-likeness (QED) is 0.187. The molecule has 0 aliphatic rings. The van der Waals surface area contributed by atoms with Crippen molar-refractivity contribution in [1.82, 2.24) is 16.0 Å². The molecule has 7 N–H and O–H groups in total. The van der Waals surface area contributed by atoms with E-state index in [1.54, 1.807) is 0 Å². The predicted octanol–water partition coefficient (Wildman–Crippen LogP) is -0.463. The Balaban J connectivity index is 5.05. The number of rotatable bonds is 15. The van der Waals surface area contributed by atoms with Crippen LogP contribution < -0.4 is 21.7 Å². The first-order valence-electron chi connectivity index (χ1n) is 10.0. The molecule has 178 valence electrons. The highest BCUT2D eigenvalue weighted by molar-refractivity contribution is 7.98. The van der Waals surface area contributed by atoms with E-state index in [9.17, 15) is 24.0 Å². The monoisotopic (exact) mass is 462 g/mol. The molecule has 0 saturated heterocycles. The average molecular weight is 463 g/mol. The van der Waals surface area contributed by atoms with Gasteiger partial charge in [0.1, 0.15) is 18.1 Å². The molecule has 0 spiro atoms. The molecule has 11 nitrogen and oxygen atoms in total. The normalized spacial score (nSPS) is 15.6. The molecule has 5 unspecified atom stereocenters. The number of carbonyl (C=O) groups is 5. The molecule has 0 saturated carbocycles. The molecule has 0 aromatic heterocycles. The van der Waals surface area contributed by atoms with Gasteiger partial charge in [0.05, 0.1) is 6.04 Å². The number of hydrogen-bond donors (Lipinski definition) is 6. The Kier molecular flexibility index (Phi) is 13.5. The predicted molar refractivity (Wildman–Crippen MR) is 116 cm³/mol. The summed E-state index contributed by atoms with van der Waals surface area (Å²) in [7, 11) is 0. The van der Waals surface area contributed by atoms with Gasteiger partial charge in [-0.3, -0.25) is 19.2 Å². The van der Waals surface area contributed by atoms with Crippen molar-refractivity contribution in [3.05, 3.63) is 0 Å². The number of hydrogen-bond acceptors (Lipinski definition) is 7. The number of thioether (sulfide) groups is 1. The number of amides is 3. The van der Waals surface area contributed by atoms with E-state index >= 15 is 0 Å². The number of aliphatic carboxylic acids is 2. The molecular weight excluding hydrogens is 428 g/mol. The molecule has 31 heavy (non-hydrogen) atoms. The Hall–Kier alpha value is -2.34. The van der Waals surface area contributed by atoms with Crippen molar-refractivity contribution in [1.29, 1.82) is 0 Å². The van der Waals surface area contributed by atoms with Gasteiger partial charge in [0, 0.05) is 6.42 Å². The van der Waals surface area contributed by atoms with Crippen LogP contribution in [0.5, 0.6) is 0 Å². The molecule has 0 aromatic carbocycles. The fraction of sp³-hybridized carbons (Fsp3) is 0.737. The van der Waals surface area contributed by atoms with Gasteiger partial charge in [0.25, 0.3) is 0 Å². The van der Waals surface area contributed by atoms with E-state index in [4.69, 9.17) is 15.9 Å². The second kappa shape index (κ2) is 14.6. The lowest BCUT2D eigenvalue weighted by Crippen LogP contribution is -2.57. The van der Waals surface area contributed by atoms with Crippen LogP contribution in [0, 0.1) is 5.92 Å². The maximum atomic E-state index is 12.6. The molecule has 0 bridgehead atoms. The molecule has 0 heterocycles. The standard InChI is InChI=1S/C19H34N4O7S/c1-5-10(2)15(20)18(28)22-12(8-9-31-4)17(27)21-11(3)16(26)23-13(19(29)30)6-7-14(24)25/h10-13,15H,5-9,20H2,1-4H3,(H,21,27)(H,22,28)(H,23,26)(H,24,25)(H,29,30). The van der Waals surface area contributed by atoms with Crippen LogP contribution in [-0.4, -0.2) is 76.0 Å². The van der Waals surface area contributed by atoms with E-state index in [-0.39, 0.29) is 12.3 Å². The molecule has 3 amide bonds. The first kappa shape index (κ1) is 28.7. The lowest BCUT2D eigenvalue weighted by molar-refractivity contribution is -0.143. The topological polar surface area (TPSA) is 188 Å². The van der Waals surface area contributed by atoms with Crippen LogP contribution in [0.25, 0.3) is 0 Å². The van der Waals surface area contributed by atoms with Gasteiger partial charge in [0.15, 0.2) is 0 Å². The molecule has 0 aliphatic heterocycles. The third-order valence-electron chi connectivity index (χ3n) is 4.82. The largest absolute Gasteiger partial charge is 0.481 e. The van der Waals surface area contributed by atoms with Crippen LogP contribution in [0.15, 0.2) is 0 Å². The number of carbonyl (C=O) groups excluding carboxylic acids is 3. The van der Waals surface area contributed by atoms with Crippen molar-refractivity contribution in [2.45, 2.75) is 70.6 Å². The Labute approximate surface area is 186 Å². The minimum atomic E-state index is -1.40. The average Bonchev–Trinajstić information content (AvgIpc) is 2.71. The molecule has 0 aliphatic carbocycles. The summed E-state index contributed by atoms with van der Waals surface area (Å²) < 4.78 is 0. The zero-order chi connectivity index (χ0) is 24.1. The van der Waals surface area contributed by atoms with Crippen LogP contribution in [0.1, 0.15) is 46.5 Å². The van der Waals surface area contributed by atoms with E-state index in [1.165, 1.54) is 18.7 Å². The van der Waals surface area contributed by atoms with Crippen molar-refractivity contribution < 1.29 is 34.2 Å². The number of carboxylic acid groups (broad SMARTS) is 2. The summed E-state index contributed by atoms with van der Waals surface area (Å²) in [5.74, 6) is -3.91. The number of carboxylic acids is 2. The van der Waals surface area contributed by atoms with Crippen LogP contribution in [0.4, 0.5) is 0 Å². The molecule has 0 fully saturated rings. The SMILES string of the molecule is CCC(C)C(N)C(=O)NC(CCSC)C(=O)NC(C)C(=O)NC(CCC(=O)O)C(=O)O. The Morgan fingerprint density at radius 1 is 0.903 bits per heavy atom. The van der Waals surface area contributed by atoms with Crippen molar-refractivity contribution >= 4 is 41.4 Å².